The largest absolute Gasteiger partial charge is 0.463 e. The van der Waals surface area contributed by atoms with Gasteiger partial charge in [0.25, 0.3) is 0 Å². The molecule has 5 saturated heterocycles. The lowest BCUT2D eigenvalue weighted by Gasteiger charge is -2.51. The van der Waals surface area contributed by atoms with E-state index < -0.39 is 134 Å². The number of rotatable bonds is 27. The van der Waals surface area contributed by atoms with Crippen LogP contribution in [0, 0.1) is 47.9 Å². The van der Waals surface area contributed by atoms with Crippen LogP contribution >= 0.6 is 0 Å². The fourth-order valence-corrected chi connectivity index (χ4v) is 12.6. The van der Waals surface area contributed by atoms with Crippen LogP contribution in [-0.2, 0) is 100 Å². The van der Waals surface area contributed by atoms with Gasteiger partial charge in [-0.3, -0.25) is 9.59 Å². The Hall–Kier alpha value is -5.74. The minimum absolute atomic E-state index is 0.0209. The fraction of sp³-hybridized carbons (Fsp3) is 0.667. The smallest absolute Gasteiger partial charge is 0.302 e. The van der Waals surface area contributed by atoms with Crippen molar-refractivity contribution < 1.29 is 80.6 Å². The van der Waals surface area contributed by atoms with Crippen molar-refractivity contribution in [1.29, 1.82) is 0 Å². The summed E-state index contributed by atoms with van der Waals surface area (Å²) in [5.74, 6) is -0.915. The topological polar surface area (TPSA) is 270 Å². The Morgan fingerprint density at radius 2 is 0.831 bits per heavy atom. The average molecular weight is 1240 g/mol. The number of hydrogen-bond acceptors (Lipinski definition) is 19. The molecular weight excluding hydrogens is 1150 g/mol. The van der Waals surface area contributed by atoms with Gasteiger partial charge in [-0.05, 0) is 66.8 Å². The highest BCUT2D eigenvalue weighted by Crippen LogP contribution is 2.43. The number of ether oxygens (including phenoxy) is 15. The van der Waals surface area contributed by atoms with Gasteiger partial charge in [-0.15, -0.1) is 12.3 Å². The summed E-state index contributed by atoms with van der Waals surface area (Å²) in [6.07, 6.45) is -6.87. The van der Waals surface area contributed by atoms with Crippen LogP contribution in [0.4, 0.5) is 0 Å². The lowest BCUT2D eigenvalue weighted by molar-refractivity contribution is -0.367. The summed E-state index contributed by atoms with van der Waals surface area (Å²) in [6, 6.07) is 27.3. The average Bonchev–Trinajstić information content (AvgIpc) is 2.32. The summed E-state index contributed by atoms with van der Waals surface area (Å²) < 4.78 is 99.0. The Bertz CT molecular complexity index is 2810. The molecule has 5 aliphatic rings. The highest BCUT2D eigenvalue weighted by atomic mass is 16.8. The molecule has 23 nitrogen and oxygen atoms in total. The number of hydrogen-bond donors (Lipinski definition) is 0. The molecule has 0 amide bonds. The summed E-state index contributed by atoms with van der Waals surface area (Å²) in [5, 5.41) is 8.55. The van der Waals surface area contributed by atoms with Crippen LogP contribution in [0.5, 0.6) is 0 Å². The van der Waals surface area contributed by atoms with Gasteiger partial charge in [0.05, 0.1) is 87.3 Å². The maximum absolute atomic E-state index is 12.6. The lowest BCUT2D eigenvalue weighted by Crippen LogP contribution is -2.63. The number of nitrogens with zero attached hydrogens (tertiary/aromatic N) is 6. The summed E-state index contributed by atoms with van der Waals surface area (Å²) in [7, 11) is 0. The van der Waals surface area contributed by atoms with E-state index in [1.165, 1.54) is 13.8 Å². The molecule has 0 aromatic heterocycles. The molecule has 0 N–H and O–H groups in total. The Morgan fingerprint density at radius 1 is 0.461 bits per heavy atom. The van der Waals surface area contributed by atoms with Crippen molar-refractivity contribution in [1.82, 2.24) is 0 Å². The number of esters is 2. The van der Waals surface area contributed by atoms with E-state index in [9.17, 15) is 20.7 Å². The first-order chi connectivity index (χ1) is 42.9. The van der Waals surface area contributed by atoms with Crippen LogP contribution < -0.4 is 0 Å². The fourth-order valence-electron chi connectivity index (χ4n) is 12.6. The second kappa shape index (κ2) is 33.5. The minimum Gasteiger partial charge on any atom is -0.463 e. The summed E-state index contributed by atoms with van der Waals surface area (Å²) in [5.41, 5.74) is 23.2. The quantitative estimate of drug-likeness (QED) is 0.0171. The molecule has 3 aromatic rings. The predicted octanol–water partition coefficient (Wildman–Crippen LogP) is 10.7. The number of terminal acetylenes is 1. The predicted molar refractivity (Wildman–Crippen MR) is 323 cm³/mol. The van der Waals surface area contributed by atoms with E-state index in [1.54, 1.807) is 0 Å². The van der Waals surface area contributed by atoms with Crippen LogP contribution in [0.25, 0.3) is 20.9 Å². The van der Waals surface area contributed by atoms with Gasteiger partial charge in [0.15, 0.2) is 31.5 Å². The van der Waals surface area contributed by atoms with E-state index in [2.05, 4.69) is 32.9 Å². The molecule has 5 fully saturated rings. The highest BCUT2D eigenvalue weighted by Gasteiger charge is 2.55. The zero-order chi connectivity index (χ0) is 63.7. The molecule has 25 atom stereocenters. The Balaban J connectivity index is 1.04. The molecule has 0 bridgehead atoms. The van der Waals surface area contributed by atoms with E-state index in [0.717, 1.165) is 16.7 Å². The molecule has 5 heterocycles. The first-order valence-corrected chi connectivity index (χ1v) is 31.2. The maximum Gasteiger partial charge on any atom is 0.302 e. The second-order valence-corrected chi connectivity index (χ2v) is 24.2. The molecule has 23 heteroatoms. The third-order valence-corrected chi connectivity index (χ3v) is 17.8. The third kappa shape index (κ3) is 18.1. The molecule has 10 unspecified atom stereocenters. The standard InChI is InChI=1S/C66H90N6O17/c1-13-14-24-31-75-62-41(6)58(79-33-49-27-20-16-21-28-49)60(44(9)82-62)88-65-54(70-72-68)39(4)57(52(85-65)36-77-47(12)74)87-64-42(7)59(80-34-50-29-22-17-23-30-50)61(45(10)83-64)89-66-53(69-71-67)38(3)56(51(84-66)35-76-46(11)73)86-63-40(5)55(37(2)43(8)81-63)78-32-48-25-18-15-19-26-48/h1,15-23,25-30,37-45,51-66H,14,24,31-36H2,2-12H3/t37-,38-,39-,40?,41?,42?,43?,44?,45?,51?,52?,53?,54?,55-,56+,57+,58+,59+,60-,61-,62-,63+,64+,65+,66+/m1/s1. The van der Waals surface area contributed by atoms with E-state index in [0.29, 0.717) is 26.1 Å². The van der Waals surface area contributed by atoms with Crippen molar-refractivity contribution in [3.05, 3.63) is 129 Å². The molecule has 0 spiro atoms. The number of benzene rings is 3. The van der Waals surface area contributed by atoms with Gasteiger partial charge < -0.3 is 71.1 Å². The van der Waals surface area contributed by atoms with Crippen LogP contribution in [0.1, 0.15) is 106 Å². The van der Waals surface area contributed by atoms with Gasteiger partial charge in [-0.25, -0.2) is 0 Å². The Morgan fingerprint density at radius 3 is 1.24 bits per heavy atom. The molecule has 486 valence electrons. The van der Waals surface area contributed by atoms with Crippen LogP contribution in [-0.4, -0.2) is 149 Å². The Labute approximate surface area is 522 Å². The summed E-state index contributed by atoms with van der Waals surface area (Å²) in [4.78, 5) is 31.6. The van der Waals surface area contributed by atoms with E-state index >= 15 is 0 Å². The molecule has 0 saturated carbocycles. The number of carbonyl (C=O) groups excluding carboxylic acids is 2. The van der Waals surface area contributed by atoms with Crippen molar-refractivity contribution >= 4 is 11.9 Å². The summed E-state index contributed by atoms with van der Waals surface area (Å²) in [6.45, 7) is 20.7. The van der Waals surface area contributed by atoms with Gasteiger partial charge in [0.1, 0.15) is 37.6 Å². The van der Waals surface area contributed by atoms with Crippen molar-refractivity contribution in [2.24, 2.45) is 45.7 Å². The molecule has 0 aliphatic carbocycles. The van der Waals surface area contributed by atoms with E-state index in [4.69, 9.17) is 77.5 Å². The van der Waals surface area contributed by atoms with Crippen LogP contribution in [0.3, 0.4) is 0 Å². The zero-order valence-corrected chi connectivity index (χ0v) is 53.0. The summed E-state index contributed by atoms with van der Waals surface area (Å²) >= 11 is 0. The van der Waals surface area contributed by atoms with Gasteiger partial charge in [-0.2, -0.15) is 0 Å². The number of azide groups is 2. The van der Waals surface area contributed by atoms with Gasteiger partial charge in [0.2, 0.25) is 0 Å². The maximum atomic E-state index is 12.6. The highest BCUT2D eigenvalue weighted by molar-refractivity contribution is 5.66. The van der Waals surface area contributed by atoms with Crippen LogP contribution in [0.2, 0.25) is 0 Å². The number of unbranched alkanes of at least 4 members (excludes halogenated alkanes) is 1. The zero-order valence-electron chi connectivity index (χ0n) is 53.0. The molecule has 3 aromatic carbocycles. The van der Waals surface area contributed by atoms with Crippen molar-refractivity contribution in [2.45, 2.75) is 226 Å². The molecular formula is C66H90N6O17. The normalized spacial score (nSPS) is 37.2. The van der Waals surface area contributed by atoms with E-state index in [1.807, 2.05) is 146 Å². The number of carbonyl (C=O) groups is 2. The van der Waals surface area contributed by atoms with Gasteiger partial charge in [0, 0.05) is 53.8 Å². The molecule has 89 heavy (non-hydrogen) atoms. The van der Waals surface area contributed by atoms with Crippen molar-refractivity contribution in [3.63, 3.8) is 0 Å². The van der Waals surface area contributed by atoms with Crippen molar-refractivity contribution in [2.75, 3.05) is 19.8 Å². The third-order valence-electron chi connectivity index (χ3n) is 17.8. The first-order valence-electron chi connectivity index (χ1n) is 31.2. The Kier molecular flexibility index (Phi) is 26.1. The SMILES string of the molecule is C#CCCCO[C@@H]1OC(C)[C@@H](O[C@@H]2OC(COC(C)=O)[C@@H](O[C@@H]3OC(C)[C@@H](O[C@@H]4OC(COC(C)=O)[C@@H](O[C@@H]5OC(C)[C@@H](C)[C@@H](OCc6ccccc6)C5C)[C@H](C)C4N=[N+]=[N-])[C@@H](OCc4ccccc4)C3C)[C@H](C)C2N=[N+]=[N-])[C@@H](OCc2ccccc2)C1C. The monoisotopic (exact) mass is 1240 g/mol. The first kappa shape index (κ1) is 69.2. The second-order valence-electron chi connectivity index (χ2n) is 24.2. The molecule has 5 aliphatic heterocycles. The van der Waals surface area contributed by atoms with Crippen LogP contribution in [0.15, 0.2) is 101 Å². The van der Waals surface area contributed by atoms with Gasteiger partial charge in [-0.1, -0.05) is 143 Å². The molecule has 8 rings (SSSR count). The van der Waals surface area contributed by atoms with Gasteiger partial charge >= 0.3 is 11.9 Å². The van der Waals surface area contributed by atoms with Crippen molar-refractivity contribution in [3.8, 4) is 12.3 Å². The lowest BCUT2D eigenvalue weighted by atomic mass is 9.85. The van der Waals surface area contributed by atoms with E-state index in [-0.39, 0.29) is 56.4 Å². The minimum atomic E-state index is -1.24. The molecule has 0 radical (unpaired) electrons.